The molecular formula is C51H32N4O2. The first kappa shape index (κ1) is 31.6. The number of fused-ring (bicyclic) bond motifs is 9. The molecule has 0 radical (unpaired) electrons. The van der Waals surface area contributed by atoms with Gasteiger partial charge in [-0.3, -0.25) is 0 Å². The molecule has 1 aliphatic rings. The predicted octanol–water partition coefficient (Wildman–Crippen LogP) is 12.7. The van der Waals surface area contributed by atoms with Crippen LogP contribution in [0.4, 0.5) is 0 Å². The maximum atomic E-state index is 6.69. The van der Waals surface area contributed by atoms with Gasteiger partial charge in [0.1, 0.15) is 34.3 Å². The van der Waals surface area contributed by atoms with Gasteiger partial charge in [0.2, 0.25) is 0 Å². The number of aromatic nitrogens is 1. The van der Waals surface area contributed by atoms with Gasteiger partial charge in [0.15, 0.2) is 5.84 Å². The maximum Gasteiger partial charge on any atom is 0.163 e. The average Bonchev–Trinajstić information content (AvgIpc) is 3.96. The first-order chi connectivity index (χ1) is 28.2. The Morgan fingerprint density at radius 2 is 1.14 bits per heavy atom. The molecule has 3 aromatic heterocycles. The van der Waals surface area contributed by atoms with Crippen molar-refractivity contribution in [3.8, 4) is 16.8 Å². The SMILES string of the molecule is c1ccc(C2=NC(c3cccc4c3oc3ccc(-c5cccc6oc7ccc(-n8c9ccccc9c9ccccc98)cc7c56)cc34)=NC(c3ccccc3)N2)cc1. The van der Waals surface area contributed by atoms with Gasteiger partial charge in [-0.05, 0) is 71.3 Å². The molecule has 268 valence electrons. The molecule has 57 heavy (non-hydrogen) atoms. The van der Waals surface area contributed by atoms with Crippen molar-refractivity contribution in [1.29, 1.82) is 0 Å². The molecule has 11 aromatic rings. The van der Waals surface area contributed by atoms with E-state index >= 15 is 0 Å². The number of benzene rings is 8. The van der Waals surface area contributed by atoms with Crippen LogP contribution < -0.4 is 5.32 Å². The summed E-state index contributed by atoms with van der Waals surface area (Å²) in [7, 11) is 0. The molecule has 1 unspecified atom stereocenters. The van der Waals surface area contributed by atoms with Crippen LogP contribution in [0.15, 0.2) is 201 Å². The number of nitrogens with one attached hydrogen (secondary N) is 1. The van der Waals surface area contributed by atoms with Crippen molar-refractivity contribution in [1.82, 2.24) is 9.88 Å². The lowest BCUT2D eigenvalue weighted by atomic mass is 9.97. The Kier molecular flexibility index (Phi) is 6.89. The zero-order chi connectivity index (χ0) is 37.5. The Balaban J connectivity index is 1.01. The summed E-state index contributed by atoms with van der Waals surface area (Å²) in [5.74, 6) is 1.40. The van der Waals surface area contributed by atoms with Crippen molar-refractivity contribution >= 4 is 77.4 Å². The number of para-hydroxylation sites is 3. The largest absolute Gasteiger partial charge is 0.456 e. The van der Waals surface area contributed by atoms with Gasteiger partial charge in [-0.15, -0.1) is 0 Å². The number of hydrogen-bond acceptors (Lipinski definition) is 5. The lowest BCUT2D eigenvalue weighted by molar-refractivity contribution is 0.663. The molecule has 6 nitrogen and oxygen atoms in total. The van der Waals surface area contributed by atoms with E-state index in [9.17, 15) is 0 Å². The molecule has 1 atom stereocenters. The number of nitrogens with zero attached hydrogens (tertiary/aromatic N) is 3. The van der Waals surface area contributed by atoms with Gasteiger partial charge < -0.3 is 18.7 Å². The molecule has 0 spiro atoms. The second-order valence-electron chi connectivity index (χ2n) is 14.6. The Bertz CT molecular complexity index is 3390. The molecule has 8 aromatic carbocycles. The fourth-order valence-corrected chi connectivity index (χ4v) is 8.66. The summed E-state index contributed by atoms with van der Waals surface area (Å²) in [5.41, 5.74) is 11.8. The van der Waals surface area contributed by atoms with Crippen molar-refractivity contribution in [3.05, 3.63) is 199 Å². The van der Waals surface area contributed by atoms with Crippen LogP contribution in [-0.4, -0.2) is 16.2 Å². The third-order valence-electron chi connectivity index (χ3n) is 11.3. The summed E-state index contributed by atoms with van der Waals surface area (Å²) in [6.07, 6.45) is -0.305. The molecule has 0 saturated heterocycles. The quantitative estimate of drug-likeness (QED) is 0.192. The van der Waals surface area contributed by atoms with Crippen LogP contribution in [0.1, 0.15) is 22.9 Å². The molecule has 6 heteroatoms. The van der Waals surface area contributed by atoms with Crippen LogP contribution in [0.5, 0.6) is 0 Å². The maximum absolute atomic E-state index is 6.69. The highest BCUT2D eigenvalue weighted by Crippen LogP contribution is 2.41. The summed E-state index contributed by atoms with van der Waals surface area (Å²) in [5, 5.41) is 10.2. The Hall–Kier alpha value is -7.70. The molecule has 0 aliphatic carbocycles. The average molecular weight is 733 g/mol. The van der Waals surface area contributed by atoms with E-state index < -0.39 is 0 Å². The number of rotatable bonds is 5. The number of amidine groups is 2. The fourth-order valence-electron chi connectivity index (χ4n) is 8.66. The van der Waals surface area contributed by atoms with Crippen LogP contribution in [0.2, 0.25) is 0 Å². The normalized spacial score (nSPS) is 14.5. The second kappa shape index (κ2) is 12.4. The smallest absolute Gasteiger partial charge is 0.163 e. The van der Waals surface area contributed by atoms with E-state index in [0.717, 1.165) is 83.2 Å². The minimum atomic E-state index is -0.305. The van der Waals surface area contributed by atoms with Gasteiger partial charge in [-0.25, -0.2) is 9.98 Å². The van der Waals surface area contributed by atoms with Crippen molar-refractivity contribution in [3.63, 3.8) is 0 Å². The van der Waals surface area contributed by atoms with E-state index in [4.69, 9.17) is 18.8 Å². The van der Waals surface area contributed by atoms with Crippen molar-refractivity contribution < 1.29 is 8.83 Å². The van der Waals surface area contributed by atoms with Gasteiger partial charge in [-0.2, -0.15) is 0 Å². The van der Waals surface area contributed by atoms with E-state index in [1.807, 2.05) is 36.4 Å². The molecular weight excluding hydrogens is 701 g/mol. The van der Waals surface area contributed by atoms with Gasteiger partial charge in [0, 0.05) is 43.6 Å². The van der Waals surface area contributed by atoms with Crippen molar-refractivity contribution in [2.24, 2.45) is 9.98 Å². The standard InChI is InChI=1S/C51H32N4O2/c1-3-13-31(14-4-1)49-52-50(32-15-5-2-6-16-32)54-51(53-49)39-21-11-20-38-40-29-33(25-27-44(40)57-48(38)39)35-19-12-24-46-47(35)41-30-34(26-28-45(41)56-46)55-42-22-9-7-17-36(42)37-18-8-10-23-43(37)55/h1-30,49H,(H,52,53,54). The highest BCUT2D eigenvalue weighted by molar-refractivity contribution is 6.20. The van der Waals surface area contributed by atoms with Crippen molar-refractivity contribution in [2.75, 3.05) is 0 Å². The van der Waals surface area contributed by atoms with Crippen LogP contribution in [0.25, 0.3) is 82.5 Å². The van der Waals surface area contributed by atoms with E-state index in [-0.39, 0.29) is 6.17 Å². The highest BCUT2D eigenvalue weighted by atomic mass is 16.3. The summed E-state index contributed by atoms with van der Waals surface area (Å²) in [6.45, 7) is 0. The molecule has 1 N–H and O–H groups in total. The Morgan fingerprint density at radius 1 is 0.474 bits per heavy atom. The van der Waals surface area contributed by atoms with Gasteiger partial charge in [-0.1, -0.05) is 127 Å². The number of hydrogen-bond donors (Lipinski definition) is 1. The molecule has 0 saturated carbocycles. The van der Waals surface area contributed by atoms with Crippen LogP contribution in [0.3, 0.4) is 0 Å². The molecule has 0 bridgehead atoms. The summed E-state index contributed by atoms with van der Waals surface area (Å²) < 4.78 is 15.6. The first-order valence-corrected chi connectivity index (χ1v) is 19.2. The number of aliphatic imine (C=N–C) groups is 2. The zero-order valence-electron chi connectivity index (χ0n) is 30.6. The van der Waals surface area contributed by atoms with E-state index in [2.05, 4.69) is 155 Å². The Labute approximate surface area is 326 Å². The Morgan fingerprint density at radius 3 is 1.95 bits per heavy atom. The van der Waals surface area contributed by atoms with E-state index in [1.54, 1.807) is 0 Å². The third-order valence-corrected chi connectivity index (χ3v) is 11.3. The summed E-state index contributed by atoms with van der Waals surface area (Å²) in [4.78, 5) is 10.2. The van der Waals surface area contributed by atoms with Gasteiger partial charge in [0.05, 0.1) is 16.6 Å². The van der Waals surface area contributed by atoms with Gasteiger partial charge in [0.25, 0.3) is 0 Å². The van der Waals surface area contributed by atoms with Gasteiger partial charge >= 0.3 is 0 Å². The second-order valence-corrected chi connectivity index (χ2v) is 14.6. The summed E-state index contributed by atoms with van der Waals surface area (Å²) >= 11 is 0. The lowest BCUT2D eigenvalue weighted by Crippen LogP contribution is -2.33. The lowest BCUT2D eigenvalue weighted by Gasteiger charge is -2.23. The van der Waals surface area contributed by atoms with E-state index in [0.29, 0.717) is 5.84 Å². The zero-order valence-corrected chi connectivity index (χ0v) is 30.6. The minimum absolute atomic E-state index is 0.305. The van der Waals surface area contributed by atoms with Crippen LogP contribution >= 0.6 is 0 Å². The van der Waals surface area contributed by atoms with Crippen LogP contribution in [0, 0.1) is 0 Å². The molecule has 4 heterocycles. The highest BCUT2D eigenvalue weighted by Gasteiger charge is 2.24. The molecule has 0 amide bonds. The van der Waals surface area contributed by atoms with E-state index in [1.165, 1.54) is 21.8 Å². The predicted molar refractivity (Wildman–Crippen MR) is 233 cm³/mol. The topological polar surface area (TPSA) is 68.0 Å². The fraction of sp³-hybridized carbons (Fsp3) is 0.0196. The molecule has 12 rings (SSSR count). The summed E-state index contributed by atoms with van der Waals surface area (Å²) in [6, 6.07) is 63.3. The van der Waals surface area contributed by atoms with Crippen molar-refractivity contribution in [2.45, 2.75) is 6.17 Å². The molecule has 0 fully saturated rings. The third kappa shape index (κ3) is 4.97. The number of furan rings is 2. The monoisotopic (exact) mass is 732 g/mol. The molecule has 1 aliphatic heterocycles. The minimum Gasteiger partial charge on any atom is -0.456 e. The first-order valence-electron chi connectivity index (χ1n) is 19.2. The van der Waals surface area contributed by atoms with Crippen LogP contribution in [-0.2, 0) is 0 Å².